The van der Waals surface area contributed by atoms with Gasteiger partial charge in [0.25, 0.3) is 0 Å². The van der Waals surface area contributed by atoms with E-state index in [-0.39, 0.29) is 12.4 Å². The Kier molecular flexibility index (Phi) is 3.95. The van der Waals surface area contributed by atoms with Crippen LogP contribution in [0.1, 0.15) is 15.9 Å². The minimum absolute atomic E-state index is 0.251. The number of carbonyl (C=O) groups excluding carboxylic acids is 1. The Morgan fingerprint density at radius 1 is 1.17 bits per heavy atom. The summed E-state index contributed by atoms with van der Waals surface area (Å²) in [7, 11) is 0. The normalized spacial score (nSPS) is 10.1. The lowest BCUT2D eigenvalue weighted by atomic mass is 10.2. The van der Waals surface area contributed by atoms with Crippen LogP contribution in [0.25, 0.3) is 0 Å². The monoisotopic (exact) mass is 264 g/mol. The molecular formula is C14H10ClFO2. The highest BCUT2D eigenvalue weighted by atomic mass is 35.5. The van der Waals surface area contributed by atoms with Gasteiger partial charge in [-0.3, -0.25) is 4.79 Å². The van der Waals surface area contributed by atoms with Crippen LogP contribution in [0.4, 0.5) is 4.39 Å². The predicted octanol–water partition coefficient (Wildman–Crippen LogP) is 3.87. The van der Waals surface area contributed by atoms with Crippen LogP contribution >= 0.6 is 11.6 Å². The summed E-state index contributed by atoms with van der Waals surface area (Å²) >= 11 is 5.87. The lowest BCUT2D eigenvalue weighted by Gasteiger charge is -2.09. The van der Waals surface area contributed by atoms with Crippen LogP contribution in [0.2, 0.25) is 5.02 Å². The van der Waals surface area contributed by atoms with E-state index in [0.717, 1.165) is 5.56 Å². The fraction of sp³-hybridized carbons (Fsp3) is 0.0714. The van der Waals surface area contributed by atoms with Crippen molar-refractivity contribution in [3.8, 4) is 5.75 Å². The third kappa shape index (κ3) is 2.87. The Hall–Kier alpha value is -1.87. The van der Waals surface area contributed by atoms with E-state index in [9.17, 15) is 9.18 Å². The zero-order valence-electron chi connectivity index (χ0n) is 9.40. The first-order valence-corrected chi connectivity index (χ1v) is 5.69. The highest BCUT2D eigenvalue weighted by Crippen LogP contribution is 2.25. The zero-order chi connectivity index (χ0) is 13.0. The van der Waals surface area contributed by atoms with Gasteiger partial charge < -0.3 is 4.74 Å². The van der Waals surface area contributed by atoms with Gasteiger partial charge in [0.15, 0.2) is 6.29 Å². The summed E-state index contributed by atoms with van der Waals surface area (Å²) in [6.45, 7) is 0.251. The largest absolute Gasteiger partial charge is 0.488 e. The van der Waals surface area contributed by atoms with E-state index in [1.54, 1.807) is 30.3 Å². The zero-order valence-corrected chi connectivity index (χ0v) is 10.2. The van der Waals surface area contributed by atoms with Gasteiger partial charge in [0.2, 0.25) is 0 Å². The summed E-state index contributed by atoms with van der Waals surface area (Å²) in [6.07, 6.45) is 0.655. The van der Waals surface area contributed by atoms with E-state index in [4.69, 9.17) is 16.3 Å². The van der Waals surface area contributed by atoms with E-state index in [1.165, 1.54) is 12.1 Å². The Morgan fingerprint density at radius 2 is 1.89 bits per heavy atom. The molecule has 4 heteroatoms. The number of halogens is 2. The molecule has 0 heterocycles. The number of hydrogen-bond donors (Lipinski definition) is 0. The maximum atomic E-state index is 12.7. The van der Waals surface area contributed by atoms with E-state index < -0.39 is 0 Å². The third-order valence-corrected chi connectivity index (χ3v) is 2.77. The fourth-order valence-corrected chi connectivity index (χ4v) is 1.71. The molecule has 2 nitrogen and oxygen atoms in total. The molecule has 0 spiro atoms. The first kappa shape index (κ1) is 12.6. The second kappa shape index (κ2) is 5.65. The number of ether oxygens (including phenoxy) is 1. The molecule has 0 unspecified atom stereocenters. The molecule has 0 atom stereocenters. The Balaban J connectivity index is 2.13. The second-order valence-corrected chi connectivity index (χ2v) is 4.09. The number of carbonyl (C=O) groups is 1. The fourth-order valence-electron chi connectivity index (χ4n) is 1.50. The summed E-state index contributed by atoms with van der Waals surface area (Å²) in [5.41, 5.74) is 1.13. The van der Waals surface area contributed by atoms with Crippen LogP contribution in [-0.4, -0.2) is 6.29 Å². The van der Waals surface area contributed by atoms with Gasteiger partial charge in [0, 0.05) is 0 Å². The van der Waals surface area contributed by atoms with Crippen LogP contribution < -0.4 is 4.74 Å². The molecule has 0 aliphatic carbocycles. The van der Waals surface area contributed by atoms with Gasteiger partial charge in [0.1, 0.15) is 18.2 Å². The molecule has 0 saturated heterocycles. The van der Waals surface area contributed by atoms with Crippen molar-refractivity contribution in [2.45, 2.75) is 6.61 Å². The summed E-state index contributed by atoms with van der Waals surface area (Å²) < 4.78 is 18.2. The van der Waals surface area contributed by atoms with Crippen molar-refractivity contribution in [2.24, 2.45) is 0 Å². The van der Waals surface area contributed by atoms with Crippen molar-refractivity contribution in [1.29, 1.82) is 0 Å². The average Bonchev–Trinajstić information content (AvgIpc) is 2.38. The highest BCUT2D eigenvalue weighted by Gasteiger charge is 2.07. The first-order valence-electron chi connectivity index (χ1n) is 5.31. The Morgan fingerprint density at radius 3 is 2.56 bits per heavy atom. The minimum atomic E-state index is -0.296. The highest BCUT2D eigenvalue weighted by molar-refractivity contribution is 6.33. The van der Waals surface area contributed by atoms with Crippen LogP contribution in [-0.2, 0) is 6.61 Å². The van der Waals surface area contributed by atoms with Gasteiger partial charge in [0.05, 0.1) is 10.6 Å². The molecule has 0 fully saturated rings. The summed E-state index contributed by atoms with van der Waals surface area (Å²) in [5.74, 6) is 0.122. The van der Waals surface area contributed by atoms with E-state index in [1.807, 2.05) is 0 Å². The summed E-state index contributed by atoms with van der Waals surface area (Å²) in [4.78, 5) is 10.9. The topological polar surface area (TPSA) is 26.3 Å². The Bertz CT molecular complexity index is 552. The number of rotatable bonds is 4. The van der Waals surface area contributed by atoms with Gasteiger partial charge in [-0.05, 0) is 29.8 Å². The Labute approximate surface area is 109 Å². The molecule has 18 heavy (non-hydrogen) atoms. The number of aldehydes is 1. The molecule has 0 aliphatic rings. The molecule has 0 radical (unpaired) electrons. The van der Waals surface area contributed by atoms with Gasteiger partial charge in [-0.1, -0.05) is 29.8 Å². The molecular weight excluding hydrogens is 255 g/mol. The molecule has 0 bridgehead atoms. The van der Waals surface area contributed by atoms with Crippen molar-refractivity contribution in [2.75, 3.05) is 0 Å². The first-order chi connectivity index (χ1) is 8.70. The maximum absolute atomic E-state index is 12.7. The van der Waals surface area contributed by atoms with Crippen molar-refractivity contribution in [3.63, 3.8) is 0 Å². The van der Waals surface area contributed by atoms with E-state index in [0.29, 0.717) is 22.6 Å². The number of benzene rings is 2. The lowest BCUT2D eigenvalue weighted by molar-refractivity contribution is 0.111. The molecule has 2 aromatic carbocycles. The quantitative estimate of drug-likeness (QED) is 0.784. The van der Waals surface area contributed by atoms with Crippen molar-refractivity contribution >= 4 is 17.9 Å². The lowest BCUT2D eigenvalue weighted by Crippen LogP contribution is -1.98. The smallest absolute Gasteiger partial charge is 0.155 e. The molecule has 92 valence electrons. The molecule has 0 aromatic heterocycles. The molecule has 0 N–H and O–H groups in total. The summed E-state index contributed by atoms with van der Waals surface area (Å²) in [5, 5.41) is 0.349. The van der Waals surface area contributed by atoms with Crippen LogP contribution in [0, 0.1) is 5.82 Å². The van der Waals surface area contributed by atoms with Gasteiger partial charge in [-0.2, -0.15) is 0 Å². The molecule has 0 amide bonds. The second-order valence-electron chi connectivity index (χ2n) is 3.68. The standard InChI is InChI=1S/C14H10ClFO2/c15-13-2-1-3-14(12(13)8-17)18-9-10-4-6-11(16)7-5-10/h1-8H,9H2. The van der Waals surface area contributed by atoms with Crippen molar-refractivity contribution < 1.29 is 13.9 Å². The van der Waals surface area contributed by atoms with Gasteiger partial charge >= 0.3 is 0 Å². The van der Waals surface area contributed by atoms with E-state index in [2.05, 4.69) is 0 Å². The third-order valence-electron chi connectivity index (χ3n) is 2.44. The maximum Gasteiger partial charge on any atom is 0.155 e. The van der Waals surface area contributed by atoms with Crippen molar-refractivity contribution in [3.05, 3.63) is 64.4 Å². The average molecular weight is 265 g/mol. The molecule has 0 aliphatic heterocycles. The van der Waals surface area contributed by atoms with E-state index >= 15 is 0 Å². The van der Waals surface area contributed by atoms with Crippen molar-refractivity contribution in [1.82, 2.24) is 0 Å². The SMILES string of the molecule is O=Cc1c(Cl)cccc1OCc1ccc(F)cc1. The minimum Gasteiger partial charge on any atom is -0.488 e. The number of hydrogen-bond acceptors (Lipinski definition) is 2. The van der Waals surface area contributed by atoms with Crippen LogP contribution in [0.3, 0.4) is 0 Å². The molecule has 2 rings (SSSR count). The van der Waals surface area contributed by atoms with Crippen LogP contribution in [0.5, 0.6) is 5.75 Å². The van der Waals surface area contributed by atoms with Crippen LogP contribution in [0.15, 0.2) is 42.5 Å². The summed E-state index contributed by atoms with van der Waals surface area (Å²) in [6, 6.07) is 11.0. The molecule has 2 aromatic rings. The predicted molar refractivity (Wildman–Crippen MR) is 67.6 cm³/mol. The van der Waals surface area contributed by atoms with Gasteiger partial charge in [-0.25, -0.2) is 4.39 Å². The molecule has 0 saturated carbocycles. The van der Waals surface area contributed by atoms with Gasteiger partial charge in [-0.15, -0.1) is 0 Å².